The number of nitrogens with zero attached hydrogens (tertiary/aromatic N) is 2. The zero-order valence-electron chi connectivity index (χ0n) is 30.6. The summed E-state index contributed by atoms with van der Waals surface area (Å²) in [4.78, 5) is 2.36. The van der Waals surface area contributed by atoms with E-state index in [1.54, 1.807) is 12.1 Å². The van der Waals surface area contributed by atoms with E-state index in [9.17, 15) is 4.39 Å². The Balaban J connectivity index is 1.30. The van der Waals surface area contributed by atoms with Gasteiger partial charge in [-0.2, -0.15) is 0 Å². The lowest BCUT2D eigenvalue weighted by Crippen LogP contribution is -2.74. The van der Waals surface area contributed by atoms with E-state index in [-0.39, 0.29) is 5.82 Å². The minimum atomic E-state index is -2.82. The molecule has 10 aromatic rings. The van der Waals surface area contributed by atoms with Gasteiger partial charge in [0, 0.05) is 33.2 Å². The van der Waals surface area contributed by atoms with Crippen molar-refractivity contribution in [2.45, 2.75) is 0 Å². The standard InChI is InChI=1S/C52H37FN2Si/c53-39-28-30-41(31-29-39)55-51-34-32-42(54(40-18-5-1-6-19-40)50-27-15-17-38-16-13-14-26-47(38)50)36-48(51)49-37-46(33-35-52(49)55)56(43-20-7-2-8-21-43,44-22-9-3-10-23-44)45-24-11-4-12-25-45/h1-37H. The Hall–Kier alpha value is -7.01. The van der Waals surface area contributed by atoms with E-state index in [2.05, 4.69) is 210 Å². The third-order valence-corrected chi connectivity index (χ3v) is 15.9. The Morgan fingerprint density at radius 2 is 0.893 bits per heavy atom. The van der Waals surface area contributed by atoms with Crippen LogP contribution in [0.1, 0.15) is 0 Å². The highest BCUT2D eigenvalue weighted by Crippen LogP contribution is 2.42. The lowest BCUT2D eigenvalue weighted by molar-refractivity contribution is 0.627. The first kappa shape index (κ1) is 33.5. The molecule has 0 aliphatic rings. The summed E-state index contributed by atoms with van der Waals surface area (Å²) in [5, 5.41) is 9.91. The van der Waals surface area contributed by atoms with Gasteiger partial charge in [0.25, 0.3) is 0 Å². The molecule has 0 saturated heterocycles. The van der Waals surface area contributed by atoms with Crippen molar-refractivity contribution in [2.24, 2.45) is 0 Å². The van der Waals surface area contributed by atoms with Crippen LogP contribution >= 0.6 is 0 Å². The fraction of sp³-hybridized carbons (Fsp3) is 0. The van der Waals surface area contributed by atoms with Gasteiger partial charge in [-0.1, -0.05) is 158 Å². The van der Waals surface area contributed by atoms with Crippen molar-refractivity contribution >= 4 is 78.5 Å². The molecular formula is C52H37FN2Si. The number of hydrogen-bond acceptors (Lipinski definition) is 1. The first-order valence-corrected chi connectivity index (χ1v) is 21.0. The minimum Gasteiger partial charge on any atom is -0.310 e. The molecule has 10 rings (SSSR count). The van der Waals surface area contributed by atoms with E-state index in [0.717, 1.165) is 44.6 Å². The summed E-state index contributed by atoms with van der Waals surface area (Å²) < 4.78 is 16.7. The van der Waals surface area contributed by atoms with Crippen LogP contribution in [0.15, 0.2) is 224 Å². The number of para-hydroxylation sites is 1. The number of fused-ring (bicyclic) bond motifs is 4. The molecule has 0 fully saturated rings. The molecule has 0 spiro atoms. The van der Waals surface area contributed by atoms with E-state index in [4.69, 9.17) is 0 Å². The van der Waals surface area contributed by atoms with Crippen molar-refractivity contribution in [1.29, 1.82) is 0 Å². The highest BCUT2D eigenvalue weighted by atomic mass is 28.3. The van der Waals surface area contributed by atoms with Gasteiger partial charge in [0.15, 0.2) is 8.07 Å². The van der Waals surface area contributed by atoms with E-state index in [1.807, 2.05) is 12.1 Å². The van der Waals surface area contributed by atoms with Crippen LogP contribution in [0, 0.1) is 5.82 Å². The Kier molecular flexibility index (Phi) is 8.39. The third kappa shape index (κ3) is 5.54. The topological polar surface area (TPSA) is 8.17 Å². The van der Waals surface area contributed by atoms with E-state index in [0.29, 0.717) is 0 Å². The van der Waals surface area contributed by atoms with Crippen molar-refractivity contribution in [2.75, 3.05) is 4.90 Å². The van der Waals surface area contributed by atoms with Crippen LogP contribution in [0.3, 0.4) is 0 Å². The van der Waals surface area contributed by atoms with Gasteiger partial charge in [-0.25, -0.2) is 4.39 Å². The summed E-state index contributed by atoms with van der Waals surface area (Å²) in [5.74, 6) is -0.253. The Morgan fingerprint density at radius 3 is 1.52 bits per heavy atom. The summed E-state index contributed by atoms with van der Waals surface area (Å²) in [7, 11) is -2.82. The summed E-state index contributed by atoms with van der Waals surface area (Å²) in [6.07, 6.45) is 0. The maximum Gasteiger partial charge on any atom is 0.179 e. The molecule has 0 radical (unpaired) electrons. The zero-order valence-corrected chi connectivity index (χ0v) is 31.6. The second-order valence-corrected chi connectivity index (χ2v) is 18.1. The number of aromatic nitrogens is 1. The largest absolute Gasteiger partial charge is 0.310 e. The fourth-order valence-corrected chi connectivity index (χ4v) is 13.5. The predicted octanol–water partition coefficient (Wildman–Crippen LogP) is 10.9. The molecule has 0 atom stereocenters. The van der Waals surface area contributed by atoms with Gasteiger partial charge >= 0.3 is 0 Å². The molecule has 1 aromatic heterocycles. The molecule has 0 unspecified atom stereocenters. The van der Waals surface area contributed by atoms with Crippen molar-refractivity contribution < 1.29 is 4.39 Å². The number of anilines is 3. The van der Waals surface area contributed by atoms with Crippen LogP contribution in [-0.4, -0.2) is 12.6 Å². The van der Waals surface area contributed by atoms with Crippen molar-refractivity contribution in [3.8, 4) is 5.69 Å². The first-order chi connectivity index (χ1) is 27.7. The van der Waals surface area contributed by atoms with Crippen LogP contribution in [0.2, 0.25) is 0 Å². The van der Waals surface area contributed by atoms with Crippen molar-refractivity contribution in [3.05, 3.63) is 230 Å². The molecule has 56 heavy (non-hydrogen) atoms. The molecule has 9 aromatic carbocycles. The normalized spacial score (nSPS) is 11.7. The van der Waals surface area contributed by atoms with Gasteiger partial charge in [-0.15, -0.1) is 0 Å². The molecular weight excluding hydrogens is 700 g/mol. The molecule has 0 amide bonds. The Bertz CT molecular complexity index is 2860. The van der Waals surface area contributed by atoms with Crippen LogP contribution in [0.25, 0.3) is 38.3 Å². The molecule has 0 bridgehead atoms. The molecule has 1 heterocycles. The molecule has 4 heteroatoms. The van der Waals surface area contributed by atoms with Gasteiger partial charge in [0.05, 0.1) is 16.7 Å². The summed E-state index contributed by atoms with van der Waals surface area (Å²) >= 11 is 0. The minimum absolute atomic E-state index is 0.253. The lowest BCUT2D eigenvalue weighted by atomic mass is 10.1. The smallest absolute Gasteiger partial charge is 0.179 e. The second-order valence-electron chi connectivity index (χ2n) is 14.3. The maximum atomic E-state index is 14.4. The second kappa shape index (κ2) is 14.0. The van der Waals surface area contributed by atoms with Crippen molar-refractivity contribution in [1.82, 2.24) is 4.57 Å². The third-order valence-electron chi connectivity index (χ3n) is 11.2. The molecule has 266 valence electrons. The molecule has 0 aliphatic carbocycles. The molecule has 0 saturated carbocycles. The monoisotopic (exact) mass is 736 g/mol. The van der Waals surface area contributed by atoms with Crippen LogP contribution < -0.4 is 25.6 Å². The predicted molar refractivity (Wildman–Crippen MR) is 237 cm³/mol. The van der Waals surface area contributed by atoms with Crippen LogP contribution in [-0.2, 0) is 0 Å². The average Bonchev–Trinajstić information content (AvgIpc) is 3.59. The van der Waals surface area contributed by atoms with E-state index in [1.165, 1.54) is 31.5 Å². The van der Waals surface area contributed by atoms with Crippen LogP contribution in [0.4, 0.5) is 21.5 Å². The van der Waals surface area contributed by atoms with Gasteiger partial charge in [-0.05, 0) is 92.9 Å². The quantitative estimate of drug-likeness (QED) is 0.111. The Labute approximate surface area is 327 Å². The van der Waals surface area contributed by atoms with E-state index >= 15 is 0 Å². The summed E-state index contributed by atoms with van der Waals surface area (Å²) in [6, 6.07) is 79.5. The van der Waals surface area contributed by atoms with Gasteiger partial charge in [0.1, 0.15) is 5.82 Å². The fourth-order valence-electron chi connectivity index (χ4n) is 8.72. The zero-order chi connectivity index (χ0) is 37.5. The summed E-state index contributed by atoms with van der Waals surface area (Å²) in [6.45, 7) is 0. The summed E-state index contributed by atoms with van der Waals surface area (Å²) in [5.41, 5.74) is 6.29. The lowest BCUT2D eigenvalue weighted by Gasteiger charge is -2.34. The average molecular weight is 737 g/mol. The van der Waals surface area contributed by atoms with Gasteiger partial charge in [0.2, 0.25) is 0 Å². The van der Waals surface area contributed by atoms with Gasteiger partial charge < -0.3 is 9.47 Å². The van der Waals surface area contributed by atoms with Gasteiger partial charge in [-0.3, -0.25) is 0 Å². The highest BCUT2D eigenvalue weighted by Gasteiger charge is 2.41. The Morgan fingerprint density at radius 1 is 0.375 bits per heavy atom. The first-order valence-electron chi connectivity index (χ1n) is 19.0. The molecule has 2 nitrogen and oxygen atoms in total. The van der Waals surface area contributed by atoms with Crippen LogP contribution in [0.5, 0.6) is 0 Å². The number of rotatable bonds is 8. The SMILES string of the molecule is Fc1ccc(-n2c3ccc(N(c4ccccc4)c4cccc5ccccc45)cc3c3cc([Si](c4ccccc4)(c4ccccc4)c4ccccc4)ccc32)cc1. The number of benzene rings is 9. The van der Waals surface area contributed by atoms with Crippen molar-refractivity contribution in [3.63, 3.8) is 0 Å². The molecule has 0 aliphatic heterocycles. The van der Waals surface area contributed by atoms with E-state index < -0.39 is 8.07 Å². The number of halogens is 1. The highest BCUT2D eigenvalue weighted by molar-refractivity contribution is 7.20. The number of hydrogen-bond donors (Lipinski definition) is 0. The maximum absolute atomic E-state index is 14.4. The molecule has 0 N–H and O–H groups in total.